The average Bonchev–Trinajstić information content (AvgIpc) is 2.75. The van der Waals surface area contributed by atoms with Gasteiger partial charge in [0.2, 0.25) is 15.9 Å². The topological polar surface area (TPSA) is 100 Å². The molecule has 0 spiro atoms. The third-order valence-corrected chi connectivity index (χ3v) is 7.69. The highest BCUT2D eigenvalue weighted by atomic mass is 32.2. The van der Waals surface area contributed by atoms with Crippen LogP contribution in [0.1, 0.15) is 20.8 Å². The van der Waals surface area contributed by atoms with Crippen LogP contribution in [0.5, 0.6) is 5.75 Å². The first-order valence-electron chi connectivity index (χ1n) is 10.2. The van der Waals surface area contributed by atoms with E-state index in [2.05, 4.69) is 4.98 Å². The first-order valence-corrected chi connectivity index (χ1v) is 11.6. The molecule has 0 saturated heterocycles. The maximum Gasteiger partial charge on any atom is 0.247 e. The van der Waals surface area contributed by atoms with Gasteiger partial charge in [-0.3, -0.25) is 9.78 Å². The number of hydrogen-bond acceptors (Lipinski definition) is 6. The normalized spacial score (nSPS) is 21.8. The molecule has 31 heavy (non-hydrogen) atoms. The second-order valence-corrected chi connectivity index (χ2v) is 9.90. The molecule has 1 aliphatic rings. The van der Waals surface area contributed by atoms with Gasteiger partial charge in [-0.15, -0.1) is 0 Å². The molecule has 1 aliphatic heterocycles. The van der Waals surface area contributed by atoms with Crippen molar-refractivity contribution in [2.45, 2.75) is 37.8 Å². The van der Waals surface area contributed by atoms with E-state index in [4.69, 9.17) is 4.74 Å². The quantitative estimate of drug-likeness (QED) is 0.753. The van der Waals surface area contributed by atoms with Crippen LogP contribution in [0.4, 0.5) is 0 Å². The summed E-state index contributed by atoms with van der Waals surface area (Å²) in [4.78, 5) is 17.4. The van der Waals surface area contributed by atoms with Crippen molar-refractivity contribution >= 4 is 15.9 Å². The molecule has 2 heterocycles. The number of aliphatic hydroxyl groups excluding tert-OH is 1. The number of aliphatic hydroxyl groups is 1. The van der Waals surface area contributed by atoms with E-state index in [-0.39, 0.29) is 35.6 Å². The predicted molar refractivity (Wildman–Crippen MR) is 117 cm³/mol. The predicted octanol–water partition coefficient (Wildman–Crippen LogP) is 2.00. The molecule has 0 radical (unpaired) electrons. The van der Waals surface area contributed by atoms with Crippen molar-refractivity contribution in [2.75, 3.05) is 26.7 Å². The third-order valence-electron chi connectivity index (χ3n) is 5.67. The molecule has 0 fully saturated rings. The molecule has 8 nitrogen and oxygen atoms in total. The maximum absolute atomic E-state index is 13.5. The van der Waals surface area contributed by atoms with Crippen LogP contribution in [0.15, 0.2) is 47.6 Å². The molecular formula is C22H29N3O5S. The van der Waals surface area contributed by atoms with Gasteiger partial charge in [-0.2, -0.15) is 4.31 Å². The van der Waals surface area contributed by atoms with Crippen LogP contribution in [-0.2, 0) is 14.8 Å². The Kier molecular flexibility index (Phi) is 6.98. The van der Waals surface area contributed by atoms with Gasteiger partial charge in [0.1, 0.15) is 16.7 Å². The summed E-state index contributed by atoms with van der Waals surface area (Å²) in [5.41, 5.74) is 1.68. The summed E-state index contributed by atoms with van der Waals surface area (Å²) in [5.74, 6) is -0.0851. The van der Waals surface area contributed by atoms with Crippen molar-refractivity contribution in [2.24, 2.45) is 5.92 Å². The largest absolute Gasteiger partial charge is 0.487 e. The SMILES string of the molecule is CC(=O)N(C)C[C@H]1Oc2cc(-c3ccncc3)ccc2S(=O)(=O)N([C@@H](C)CO)C[C@H]1C. The molecule has 3 atom stereocenters. The van der Waals surface area contributed by atoms with Crippen molar-refractivity contribution in [3.05, 3.63) is 42.7 Å². The maximum atomic E-state index is 13.5. The van der Waals surface area contributed by atoms with E-state index >= 15 is 0 Å². The number of ether oxygens (including phenoxy) is 1. The Balaban J connectivity index is 2.13. The molecule has 1 amide bonds. The Morgan fingerprint density at radius 3 is 2.58 bits per heavy atom. The minimum absolute atomic E-state index is 0.0491. The Bertz CT molecular complexity index is 1030. The van der Waals surface area contributed by atoms with Gasteiger partial charge < -0.3 is 14.7 Å². The van der Waals surface area contributed by atoms with Gasteiger partial charge in [-0.1, -0.05) is 13.0 Å². The molecule has 2 aromatic rings. The zero-order valence-corrected chi connectivity index (χ0v) is 19.0. The lowest BCUT2D eigenvalue weighted by Gasteiger charge is -2.37. The molecular weight excluding hydrogens is 418 g/mol. The van der Waals surface area contributed by atoms with Crippen LogP contribution < -0.4 is 4.74 Å². The van der Waals surface area contributed by atoms with Crippen LogP contribution in [0.3, 0.4) is 0 Å². The van der Waals surface area contributed by atoms with Crippen LogP contribution in [0, 0.1) is 5.92 Å². The fourth-order valence-corrected chi connectivity index (χ4v) is 5.39. The fourth-order valence-electron chi connectivity index (χ4n) is 3.57. The van der Waals surface area contributed by atoms with Crippen molar-refractivity contribution in [3.8, 4) is 16.9 Å². The second-order valence-electron chi connectivity index (χ2n) is 8.04. The lowest BCUT2D eigenvalue weighted by Crippen LogP contribution is -2.50. The van der Waals surface area contributed by atoms with E-state index < -0.39 is 22.2 Å². The summed E-state index contributed by atoms with van der Waals surface area (Å²) < 4.78 is 34.5. The van der Waals surface area contributed by atoms with Gasteiger partial charge in [0.15, 0.2) is 0 Å². The van der Waals surface area contributed by atoms with Crippen LogP contribution in [0.2, 0.25) is 0 Å². The van der Waals surface area contributed by atoms with E-state index in [0.29, 0.717) is 6.54 Å². The van der Waals surface area contributed by atoms with E-state index in [0.717, 1.165) is 11.1 Å². The van der Waals surface area contributed by atoms with Gasteiger partial charge in [-0.05, 0) is 42.3 Å². The van der Waals surface area contributed by atoms with Crippen molar-refractivity contribution in [3.63, 3.8) is 0 Å². The zero-order valence-electron chi connectivity index (χ0n) is 18.2. The summed E-state index contributed by atoms with van der Waals surface area (Å²) in [7, 11) is -2.21. The molecule has 0 bridgehead atoms. The number of likely N-dealkylation sites (N-methyl/N-ethyl adjacent to an activating group) is 1. The number of nitrogens with zero attached hydrogens (tertiary/aromatic N) is 3. The first kappa shape index (κ1) is 23.2. The Labute approximate surface area is 183 Å². The monoisotopic (exact) mass is 447 g/mol. The number of sulfonamides is 1. The highest BCUT2D eigenvalue weighted by Crippen LogP contribution is 2.36. The van der Waals surface area contributed by atoms with Crippen LogP contribution in [0.25, 0.3) is 11.1 Å². The number of fused-ring (bicyclic) bond motifs is 1. The van der Waals surface area contributed by atoms with Gasteiger partial charge in [0, 0.05) is 44.9 Å². The Morgan fingerprint density at radius 2 is 1.97 bits per heavy atom. The summed E-state index contributed by atoms with van der Waals surface area (Å²) in [5, 5.41) is 9.70. The van der Waals surface area contributed by atoms with E-state index in [1.54, 1.807) is 49.5 Å². The molecule has 0 saturated carbocycles. The highest BCUT2D eigenvalue weighted by Gasteiger charge is 2.38. The lowest BCUT2D eigenvalue weighted by atomic mass is 10.0. The van der Waals surface area contributed by atoms with Crippen LogP contribution >= 0.6 is 0 Å². The second kappa shape index (κ2) is 9.33. The first-order chi connectivity index (χ1) is 14.6. The Hall–Kier alpha value is -2.49. The molecule has 1 N–H and O–H groups in total. The number of aromatic nitrogens is 1. The average molecular weight is 448 g/mol. The number of benzene rings is 1. The smallest absolute Gasteiger partial charge is 0.247 e. The van der Waals surface area contributed by atoms with Crippen molar-refractivity contribution in [1.29, 1.82) is 0 Å². The molecule has 0 unspecified atom stereocenters. The van der Waals surface area contributed by atoms with Crippen molar-refractivity contribution < 1.29 is 23.1 Å². The summed E-state index contributed by atoms with van der Waals surface area (Å²) in [6, 6.07) is 8.07. The standard InChI is InChI=1S/C22H29N3O5S/c1-15-12-25(16(2)14-26)31(28,29)22-6-5-19(18-7-9-23-10-8-18)11-20(22)30-21(15)13-24(4)17(3)27/h5-11,15-16,21,26H,12-14H2,1-4H3/t15-,16+,21-/m1/s1. The molecule has 9 heteroatoms. The van der Waals surface area contributed by atoms with E-state index in [1.165, 1.54) is 11.2 Å². The minimum Gasteiger partial charge on any atom is -0.487 e. The van der Waals surface area contributed by atoms with E-state index in [9.17, 15) is 18.3 Å². The lowest BCUT2D eigenvalue weighted by molar-refractivity contribution is -0.129. The summed E-state index contributed by atoms with van der Waals surface area (Å²) in [6.45, 7) is 5.24. The third kappa shape index (κ3) is 4.89. The molecule has 0 aliphatic carbocycles. The molecule has 3 rings (SSSR count). The molecule has 168 valence electrons. The van der Waals surface area contributed by atoms with Gasteiger partial charge in [-0.25, -0.2) is 8.42 Å². The summed E-state index contributed by atoms with van der Waals surface area (Å²) in [6.07, 6.45) is 2.91. The number of amides is 1. The van der Waals surface area contributed by atoms with Gasteiger partial charge >= 0.3 is 0 Å². The van der Waals surface area contributed by atoms with Gasteiger partial charge in [0.05, 0.1) is 13.2 Å². The highest BCUT2D eigenvalue weighted by molar-refractivity contribution is 7.89. The van der Waals surface area contributed by atoms with Gasteiger partial charge in [0.25, 0.3) is 0 Å². The summed E-state index contributed by atoms with van der Waals surface area (Å²) >= 11 is 0. The van der Waals surface area contributed by atoms with Crippen molar-refractivity contribution in [1.82, 2.24) is 14.2 Å². The number of rotatable bonds is 5. The number of carbonyl (C=O) groups is 1. The molecule has 1 aromatic heterocycles. The number of pyridine rings is 1. The minimum atomic E-state index is -3.90. The Morgan fingerprint density at radius 1 is 1.29 bits per heavy atom. The van der Waals surface area contributed by atoms with Crippen LogP contribution in [-0.4, -0.2) is 72.5 Å². The number of hydrogen-bond donors (Lipinski definition) is 1. The zero-order chi connectivity index (χ0) is 22.8. The fraction of sp³-hybridized carbons (Fsp3) is 0.455. The number of carbonyl (C=O) groups excluding carboxylic acids is 1. The van der Waals surface area contributed by atoms with E-state index in [1.807, 2.05) is 19.1 Å². The molecule has 1 aromatic carbocycles.